The van der Waals surface area contributed by atoms with E-state index in [4.69, 9.17) is 11.6 Å². The smallest absolute Gasteiger partial charge is 0.294 e. The van der Waals surface area contributed by atoms with Crippen LogP contribution >= 0.6 is 22.9 Å². The minimum Gasteiger partial charge on any atom is -0.320 e. The first kappa shape index (κ1) is 16.1. The molecule has 0 bridgehead atoms. The first-order chi connectivity index (χ1) is 10.5. The van der Waals surface area contributed by atoms with Crippen molar-refractivity contribution in [3.05, 3.63) is 55.7 Å². The molecule has 1 aromatic heterocycles. The first-order valence-electron chi connectivity index (χ1n) is 6.28. The van der Waals surface area contributed by atoms with Gasteiger partial charge in [0.15, 0.2) is 5.78 Å². The maximum atomic E-state index is 11.8. The Morgan fingerprint density at radius 2 is 2.05 bits per heavy atom. The highest BCUT2D eigenvalue weighted by Gasteiger charge is 2.17. The van der Waals surface area contributed by atoms with E-state index in [1.165, 1.54) is 23.5 Å². The Morgan fingerprint density at radius 1 is 1.27 bits per heavy atom. The zero-order valence-corrected chi connectivity index (χ0v) is 12.8. The van der Waals surface area contributed by atoms with Crippen LogP contribution in [-0.2, 0) is 4.79 Å². The lowest BCUT2D eigenvalue weighted by Gasteiger charge is -2.06. The fourth-order valence-corrected chi connectivity index (χ4v) is 2.62. The number of nitro benzene ring substituents is 1. The normalized spacial score (nSPS) is 10.2. The number of ketones is 1. The van der Waals surface area contributed by atoms with E-state index in [9.17, 15) is 19.7 Å². The molecule has 0 aliphatic rings. The highest BCUT2D eigenvalue weighted by Crippen LogP contribution is 2.27. The van der Waals surface area contributed by atoms with Crippen molar-refractivity contribution in [1.82, 2.24) is 0 Å². The molecule has 0 saturated carbocycles. The van der Waals surface area contributed by atoms with Gasteiger partial charge in [-0.05, 0) is 23.6 Å². The van der Waals surface area contributed by atoms with Gasteiger partial charge in [0, 0.05) is 23.9 Å². The largest absolute Gasteiger partial charge is 0.320 e. The Hall–Kier alpha value is -2.25. The predicted octanol–water partition coefficient (Wildman–Crippen LogP) is 3.91. The van der Waals surface area contributed by atoms with Crippen molar-refractivity contribution in [3.8, 4) is 0 Å². The quantitative estimate of drug-likeness (QED) is 0.491. The summed E-state index contributed by atoms with van der Waals surface area (Å²) in [7, 11) is 0. The topological polar surface area (TPSA) is 89.3 Å². The van der Waals surface area contributed by atoms with Crippen LogP contribution in [0.1, 0.15) is 22.5 Å². The van der Waals surface area contributed by atoms with Crippen LogP contribution in [0.4, 0.5) is 11.4 Å². The molecule has 2 aromatic rings. The molecule has 0 aliphatic heterocycles. The van der Waals surface area contributed by atoms with Crippen LogP contribution in [0.3, 0.4) is 0 Å². The summed E-state index contributed by atoms with van der Waals surface area (Å²) >= 11 is 7.01. The average molecular weight is 339 g/mol. The summed E-state index contributed by atoms with van der Waals surface area (Å²) in [5.74, 6) is -0.592. The number of carbonyl (C=O) groups excluding carboxylic acids is 2. The Balaban J connectivity index is 1.98. The number of anilines is 1. The van der Waals surface area contributed by atoms with Crippen LogP contribution in [0.15, 0.2) is 35.7 Å². The number of carbonyl (C=O) groups is 2. The minimum absolute atomic E-state index is 0.0451. The van der Waals surface area contributed by atoms with Gasteiger partial charge in [0.05, 0.1) is 9.80 Å². The van der Waals surface area contributed by atoms with Crippen molar-refractivity contribution in [2.45, 2.75) is 12.8 Å². The van der Waals surface area contributed by atoms with Crippen LogP contribution in [0.2, 0.25) is 5.02 Å². The summed E-state index contributed by atoms with van der Waals surface area (Å²) in [6.07, 6.45) is 0.00421. The van der Waals surface area contributed by atoms with Gasteiger partial charge in [-0.2, -0.15) is 0 Å². The highest BCUT2D eigenvalue weighted by molar-refractivity contribution is 7.12. The molecule has 1 amide bonds. The lowest BCUT2D eigenvalue weighted by atomic mass is 10.2. The number of rotatable bonds is 6. The molecule has 1 N–H and O–H groups in total. The fourth-order valence-electron chi connectivity index (χ4n) is 1.76. The van der Waals surface area contributed by atoms with E-state index < -0.39 is 10.8 Å². The second-order valence-corrected chi connectivity index (χ2v) is 5.75. The van der Waals surface area contributed by atoms with Gasteiger partial charge in [0.2, 0.25) is 5.91 Å². The first-order valence-corrected chi connectivity index (χ1v) is 7.53. The van der Waals surface area contributed by atoms with Crippen LogP contribution in [0, 0.1) is 10.1 Å². The Bertz CT molecular complexity index is 716. The van der Waals surface area contributed by atoms with Crippen molar-refractivity contribution >= 4 is 46.0 Å². The van der Waals surface area contributed by atoms with Crippen molar-refractivity contribution in [3.63, 3.8) is 0 Å². The van der Waals surface area contributed by atoms with Crippen molar-refractivity contribution in [2.75, 3.05) is 5.32 Å². The predicted molar refractivity (Wildman–Crippen MR) is 84.6 cm³/mol. The van der Waals surface area contributed by atoms with Gasteiger partial charge in [-0.15, -0.1) is 11.3 Å². The molecule has 8 heteroatoms. The molecule has 2 rings (SSSR count). The third-order valence-electron chi connectivity index (χ3n) is 2.81. The van der Waals surface area contributed by atoms with Crippen LogP contribution < -0.4 is 5.32 Å². The zero-order chi connectivity index (χ0) is 16.1. The molecule has 0 aliphatic carbocycles. The van der Waals surface area contributed by atoms with E-state index >= 15 is 0 Å². The number of amides is 1. The monoisotopic (exact) mass is 338 g/mol. The summed E-state index contributed by atoms with van der Waals surface area (Å²) in [5.41, 5.74) is -0.228. The number of halogens is 1. The Morgan fingerprint density at radius 3 is 2.68 bits per heavy atom. The molecule has 22 heavy (non-hydrogen) atoms. The molecule has 0 radical (unpaired) electrons. The van der Waals surface area contributed by atoms with E-state index in [1.807, 2.05) is 0 Å². The third kappa shape index (κ3) is 4.12. The van der Waals surface area contributed by atoms with Gasteiger partial charge >= 0.3 is 0 Å². The van der Waals surface area contributed by atoms with Crippen molar-refractivity contribution < 1.29 is 14.5 Å². The Labute approximate surface area is 134 Å². The molecule has 114 valence electrons. The highest BCUT2D eigenvalue weighted by atomic mass is 35.5. The van der Waals surface area contributed by atoms with Gasteiger partial charge in [0.1, 0.15) is 5.69 Å². The zero-order valence-electron chi connectivity index (χ0n) is 11.2. The van der Waals surface area contributed by atoms with Gasteiger partial charge in [-0.3, -0.25) is 19.7 Å². The molecule has 0 fully saturated rings. The second kappa shape index (κ2) is 7.15. The number of Topliss-reactive ketones (excluding diaryl/α,β-unsaturated/α-hetero) is 1. The molecule has 6 nitrogen and oxygen atoms in total. The van der Waals surface area contributed by atoms with Gasteiger partial charge in [-0.25, -0.2) is 0 Å². The summed E-state index contributed by atoms with van der Waals surface area (Å²) in [6, 6.07) is 7.42. The fraction of sp³-hybridized carbons (Fsp3) is 0.143. The molecular weight excluding hydrogens is 328 g/mol. The van der Waals surface area contributed by atoms with E-state index in [0.717, 1.165) is 6.07 Å². The lowest BCUT2D eigenvalue weighted by Crippen LogP contribution is -2.14. The van der Waals surface area contributed by atoms with E-state index in [-0.39, 0.29) is 35.0 Å². The maximum Gasteiger partial charge on any atom is 0.294 e. The second-order valence-electron chi connectivity index (χ2n) is 4.37. The molecule has 0 unspecified atom stereocenters. The van der Waals surface area contributed by atoms with E-state index in [1.54, 1.807) is 17.5 Å². The van der Waals surface area contributed by atoms with E-state index in [2.05, 4.69) is 5.32 Å². The van der Waals surface area contributed by atoms with Gasteiger partial charge in [0.25, 0.3) is 5.69 Å². The number of nitro groups is 1. The number of nitrogens with one attached hydrogen (secondary N) is 1. The van der Waals surface area contributed by atoms with Crippen LogP contribution in [-0.4, -0.2) is 16.6 Å². The summed E-state index contributed by atoms with van der Waals surface area (Å²) in [4.78, 5) is 34.5. The van der Waals surface area contributed by atoms with Gasteiger partial charge < -0.3 is 5.32 Å². The minimum atomic E-state index is -0.627. The number of hydrogen-bond acceptors (Lipinski definition) is 5. The van der Waals surface area contributed by atoms with Crippen molar-refractivity contribution in [2.24, 2.45) is 0 Å². The molecule has 0 spiro atoms. The molecule has 0 saturated heterocycles. The SMILES string of the molecule is O=C(CCC(=O)c1cccs1)Nc1ccc(Cl)cc1[N+](=O)[O-]. The summed E-state index contributed by atoms with van der Waals surface area (Å²) in [5, 5.41) is 15.3. The van der Waals surface area contributed by atoms with Gasteiger partial charge in [-0.1, -0.05) is 17.7 Å². The number of thiophene rings is 1. The third-order valence-corrected chi connectivity index (χ3v) is 3.95. The van der Waals surface area contributed by atoms with Crippen LogP contribution in [0.25, 0.3) is 0 Å². The summed E-state index contributed by atoms with van der Waals surface area (Å²) in [6.45, 7) is 0. The van der Waals surface area contributed by atoms with Crippen LogP contribution in [0.5, 0.6) is 0 Å². The Kier molecular flexibility index (Phi) is 5.24. The average Bonchev–Trinajstić information content (AvgIpc) is 3.00. The number of nitrogens with zero attached hydrogens (tertiary/aromatic N) is 1. The van der Waals surface area contributed by atoms with E-state index in [0.29, 0.717) is 4.88 Å². The van der Waals surface area contributed by atoms with Crippen molar-refractivity contribution in [1.29, 1.82) is 0 Å². The molecular formula is C14H11ClN2O4S. The standard InChI is InChI=1S/C14H11ClN2O4S/c15-9-3-4-10(11(8-9)17(20)21)16-14(19)6-5-12(18)13-2-1-7-22-13/h1-4,7-8H,5-6H2,(H,16,19). The lowest BCUT2D eigenvalue weighted by molar-refractivity contribution is -0.383. The number of benzene rings is 1. The molecule has 1 heterocycles. The molecule has 1 aromatic carbocycles. The number of hydrogen-bond donors (Lipinski definition) is 1. The summed E-state index contributed by atoms with van der Waals surface area (Å²) < 4.78 is 0. The maximum absolute atomic E-state index is 11.8. The molecule has 0 atom stereocenters.